The number of ether oxygens (including phenoxy) is 1. The number of aromatic nitrogens is 2. The quantitative estimate of drug-likeness (QED) is 0.820. The Labute approximate surface area is 94.2 Å². The summed E-state index contributed by atoms with van der Waals surface area (Å²) in [7, 11) is 0. The van der Waals surface area contributed by atoms with E-state index in [1.165, 1.54) is 4.57 Å². The molecule has 2 N–H and O–H groups in total. The molecule has 0 aliphatic carbocycles. The van der Waals surface area contributed by atoms with Crippen LogP contribution < -0.4 is 11.4 Å². The molecule has 1 aliphatic rings. The zero-order valence-electron chi connectivity index (χ0n) is 9.64. The summed E-state index contributed by atoms with van der Waals surface area (Å²) in [6.45, 7) is 4.16. The number of hydrogen-bond donors (Lipinski definition) is 1. The van der Waals surface area contributed by atoms with Crippen molar-refractivity contribution in [2.75, 3.05) is 5.73 Å². The predicted molar refractivity (Wildman–Crippen MR) is 61.0 cm³/mol. The van der Waals surface area contributed by atoms with Crippen LogP contribution in [0.5, 0.6) is 0 Å². The monoisotopic (exact) mass is 223 g/mol. The molecule has 1 aromatic heterocycles. The third-order valence-electron chi connectivity index (χ3n) is 3.25. The number of hydrogen-bond acceptors (Lipinski definition) is 4. The highest BCUT2D eigenvalue weighted by atomic mass is 16.5. The van der Waals surface area contributed by atoms with Crippen LogP contribution in [-0.4, -0.2) is 15.2 Å². The molecule has 16 heavy (non-hydrogen) atoms. The molecule has 0 bridgehead atoms. The van der Waals surface area contributed by atoms with Gasteiger partial charge in [0.05, 0.1) is 5.60 Å². The van der Waals surface area contributed by atoms with Gasteiger partial charge in [-0.05, 0) is 32.3 Å². The Balaban J connectivity index is 2.24. The maximum Gasteiger partial charge on any atom is 0.351 e. The summed E-state index contributed by atoms with van der Waals surface area (Å²) in [4.78, 5) is 15.3. The van der Waals surface area contributed by atoms with E-state index in [0.29, 0.717) is 0 Å². The number of nitrogen functional groups attached to an aromatic ring is 1. The van der Waals surface area contributed by atoms with Crippen LogP contribution in [0.25, 0.3) is 0 Å². The molecule has 2 rings (SSSR count). The molecular weight excluding hydrogens is 206 g/mol. The first-order valence-electron chi connectivity index (χ1n) is 5.56. The summed E-state index contributed by atoms with van der Waals surface area (Å²) in [5, 5.41) is 0. The molecule has 1 saturated heterocycles. The van der Waals surface area contributed by atoms with Crippen molar-refractivity contribution in [3.63, 3.8) is 0 Å². The highest BCUT2D eigenvalue weighted by Gasteiger charge is 2.35. The second-order valence-electron chi connectivity index (χ2n) is 4.46. The van der Waals surface area contributed by atoms with E-state index >= 15 is 0 Å². The van der Waals surface area contributed by atoms with E-state index in [-0.39, 0.29) is 23.3 Å². The lowest BCUT2D eigenvalue weighted by Gasteiger charge is -2.23. The summed E-state index contributed by atoms with van der Waals surface area (Å²) in [6, 6.07) is 1.62. The van der Waals surface area contributed by atoms with Crippen LogP contribution in [0.3, 0.4) is 0 Å². The predicted octanol–water partition coefficient (Wildman–Crippen LogP) is 1.30. The third-order valence-corrected chi connectivity index (χ3v) is 3.25. The van der Waals surface area contributed by atoms with E-state index in [2.05, 4.69) is 18.8 Å². The van der Waals surface area contributed by atoms with Gasteiger partial charge in [0.1, 0.15) is 12.0 Å². The van der Waals surface area contributed by atoms with E-state index in [0.717, 1.165) is 19.3 Å². The molecule has 5 nitrogen and oxygen atoms in total. The third kappa shape index (κ3) is 1.95. The van der Waals surface area contributed by atoms with Crippen LogP contribution in [-0.2, 0) is 4.74 Å². The molecular formula is C11H17N3O2. The van der Waals surface area contributed by atoms with E-state index in [1.807, 2.05) is 0 Å². The summed E-state index contributed by atoms with van der Waals surface area (Å²) < 4.78 is 7.40. The Morgan fingerprint density at radius 1 is 1.75 bits per heavy atom. The van der Waals surface area contributed by atoms with Crippen molar-refractivity contribution in [3.8, 4) is 0 Å². The lowest BCUT2D eigenvalue weighted by Crippen LogP contribution is -2.29. The van der Waals surface area contributed by atoms with Gasteiger partial charge in [-0.2, -0.15) is 4.98 Å². The largest absolute Gasteiger partial charge is 0.383 e. The minimum Gasteiger partial charge on any atom is -0.383 e. The van der Waals surface area contributed by atoms with Crippen LogP contribution in [0, 0.1) is 0 Å². The Morgan fingerprint density at radius 2 is 2.50 bits per heavy atom. The molecule has 1 aliphatic heterocycles. The molecule has 5 heteroatoms. The smallest absolute Gasteiger partial charge is 0.351 e. The van der Waals surface area contributed by atoms with Crippen molar-refractivity contribution < 1.29 is 4.74 Å². The van der Waals surface area contributed by atoms with Crippen molar-refractivity contribution in [1.29, 1.82) is 0 Å². The fourth-order valence-corrected chi connectivity index (χ4v) is 1.98. The average Bonchev–Trinajstić information content (AvgIpc) is 2.62. The van der Waals surface area contributed by atoms with Gasteiger partial charge in [-0.3, -0.25) is 4.57 Å². The zero-order chi connectivity index (χ0) is 11.8. The standard InChI is InChI=1S/C11H17N3O2/c1-3-11(2)6-4-9(16-11)14-7-5-8(12)13-10(14)15/h5,7,9H,3-4,6H2,1-2H3,(H2,12,13,15). The Hall–Kier alpha value is -1.36. The van der Waals surface area contributed by atoms with Crippen LogP contribution in [0.2, 0.25) is 0 Å². The van der Waals surface area contributed by atoms with E-state index < -0.39 is 0 Å². The van der Waals surface area contributed by atoms with Gasteiger partial charge in [-0.1, -0.05) is 6.92 Å². The first-order valence-corrected chi connectivity index (χ1v) is 5.56. The summed E-state index contributed by atoms with van der Waals surface area (Å²) in [5.41, 5.74) is 4.98. The van der Waals surface area contributed by atoms with Crippen LogP contribution in [0.15, 0.2) is 17.1 Å². The van der Waals surface area contributed by atoms with Gasteiger partial charge >= 0.3 is 5.69 Å². The van der Waals surface area contributed by atoms with Gasteiger partial charge < -0.3 is 10.5 Å². The second-order valence-corrected chi connectivity index (χ2v) is 4.46. The zero-order valence-corrected chi connectivity index (χ0v) is 9.64. The summed E-state index contributed by atoms with van der Waals surface area (Å²) in [5.74, 6) is 0.248. The summed E-state index contributed by atoms with van der Waals surface area (Å²) >= 11 is 0. The Bertz CT molecular complexity index is 443. The molecule has 0 amide bonds. The lowest BCUT2D eigenvalue weighted by molar-refractivity contribution is -0.0645. The molecule has 2 unspecified atom stereocenters. The van der Waals surface area contributed by atoms with Crippen LogP contribution in [0.4, 0.5) is 5.82 Å². The Kier molecular flexibility index (Phi) is 2.71. The molecule has 0 saturated carbocycles. The van der Waals surface area contributed by atoms with Gasteiger partial charge in [0.25, 0.3) is 0 Å². The van der Waals surface area contributed by atoms with E-state index in [4.69, 9.17) is 10.5 Å². The molecule has 2 heterocycles. The van der Waals surface area contributed by atoms with E-state index in [9.17, 15) is 4.79 Å². The second kappa shape index (κ2) is 3.90. The van der Waals surface area contributed by atoms with Crippen molar-refractivity contribution in [2.24, 2.45) is 0 Å². The molecule has 88 valence electrons. The number of nitrogens with two attached hydrogens (primary N) is 1. The van der Waals surface area contributed by atoms with Crippen LogP contribution in [0.1, 0.15) is 39.3 Å². The van der Waals surface area contributed by atoms with Crippen molar-refractivity contribution in [1.82, 2.24) is 9.55 Å². The highest BCUT2D eigenvalue weighted by Crippen LogP contribution is 2.37. The van der Waals surface area contributed by atoms with Gasteiger partial charge in [-0.15, -0.1) is 0 Å². The molecule has 0 aromatic carbocycles. The average molecular weight is 223 g/mol. The normalized spacial score (nSPS) is 29.5. The van der Waals surface area contributed by atoms with Gasteiger partial charge in [-0.25, -0.2) is 4.79 Å². The first-order chi connectivity index (χ1) is 7.54. The molecule has 0 radical (unpaired) electrons. The van der Waals surface area contributed by atoms with Gasteiger partial charge in [0.2, 0.25) is 0 Å². The van der Waals surface area contributed by atoms with E-state index in [1.54, 1.807) is 12.3 Å². The summed E-state index contributed by atoms with van der Waals surface area (Å²) in [6.07, 6.45) is 4.20. The maximum atomic E-state index is 11.6. The fourth-order valence-electron chi connectivity index (χ4n) is 1.98. The highest BCUT2D eigenvalue weighted by molar-refractivity contribution is 5.23. The number of rotatable bonds is 2. The SMILES string of the molecule is CCC1(C)CCC(n2ccc(N)nc2=O)O1. The van der Waals surface area contributed by atoms with Crippen molar-refractivity contribution >= 4 is 5.82 Å². The molecule has 0 spiro atoms. The van der Waals surface area contributed by atoms with Crippen molar-refractivity contribution in [2.45, 2.75) is 44.9 Å². The first kappa shape index (κ1) is 11.1. The number of anilines is 1. The van der Waals surface area contributed by atoms with Gasteiger partial charge in [0, 0.05) is 6.20 Å². The number of nitrogens with zero attached hydrogens (tertiary/aromatic N) is 2. The minimum atomic E-state index is -0.342. The topological polar surface area (TPSA) is 70.1 Å². The van der Waals surface area contributed by atoms with Crippen molar-refractivity contribution in [3.05, 3.63) is 22.7 Å². The maximum absolute atomic E-state index is 11.6. The molecule has 2 atom stereocenters. The molecule has 1 aromatic rings. The lowest BCUT2D eigenvalue weighted by atomic mass is 10.00. The Morgan fingerprint density at radius 3 is 3.06 bits per heavy atom. The minimum absolute atomic E-state index is 0.120. The molecule has 1 fully saturated rings. The fraction of sp³-hybridized carbons (Fsp3) is 0.636. The van der Waals surface area contributed by atoms with Crippen LogP contribution >= 0.6 is 0 Å². The van der Waals surface area contributed by atoms with Gasteiger partial charge in [0.15, 0.2) is 0 Å².